The van der Waals surface area contributed by atoms with E-state index in [0.717, 1.165) is 42.5 Å². The van der Waals surface area contributed by atoms with Crippen molar-refractivity contribution in [3.8, 4) is 5.75 Å². The summed E-state index contributed by atoms with van der Waals surface area (Å²) in [4.78, 5) is 6.80. The monoisotopic (exact) mass is 344 g/mol. The highest BCUT2D eigenvalue weighted by Gasteiger charge is 2.26. The maximum Gasteiger partial charge on any atom is 0.147 e. The molecule has 2 aromatic rings. The molecule has 2 heterocycles. The van der Waals surface area contributed by atoms with Crippen molar-refractivity contribution >= 4 is 0 Å². The number of methoxy groups -OCH3 is 1. The second kappa shape index (κ2) is 7.97. The topological polar surface area (TPSA) is 63.4 Å². The third kappa shape index (κ3) is 4.38. The molecule has 0 bridgehead atoms. The normalized spacial score (nSPS) is 19.8. The fraction of sp³-hybridized carbons (Fsp3) is 0.579. The maximum atomic E-state index is 10.7. The second-order valence-corrected chi connectivity index (χ2v) is 6.82. The molecule has 2 atom stereocenters. The van der Waals surface area contributed by atoms with Crippen molar-refractivity contribution in [2.24, 2.45) is 0 Å². The number of piperidine rings is 1. The summed E-state index contributed by atoms with van der Waals surface area (Å²) in [5.74, 6) is 2.58. The lowest BCUT2D eigenvalue weighted by Gasteiger charge is -2.37. The zero-order valence-electron chi connectivity index (χ0n) is 15.4. The molecule has 1 aromatic carbocycles. The van der Waals surface area contributed by atoms with E-state index in [-0.39, 0.29) is 0 Å². The Hall–Kier alpha value is -1.92. The Bertz CT molecular complexity index is 683. The molecule has 0 spiro atoms. The van der Waals surface area contributed by atoms with Crippen LogP contribution < -0.4 is 4.74 Å². The van der Waals surface area contributed by atoms with E-state index >= 15 is 0 Å². The van der Waals surface area contributed by atoms with Gasteiger partial charge in [0.15, 0.2) is 0 Å². The van der Waals surface area contributed by atoms with E-state index in [1.54, 1.807) is 7.11 Å². The van der Waals surface area contributed by atoms with E-state index in [0.29, 0.717) is 12.6 Å². The minimum atomic E-state index is -0.495. The van der Waals surface area contributed by atoms with Gasteiger partial charge in [0.2, 0.25) is 0 Å². The van der Waals surface area contributed by atoms with Crippen molar-refractivity contribution in [1.29, 1.82) is 0 Å². The highest BCUT2D eigenvalue weighted by Crippen LogP contribution is 2.24. The van der Waals surface area contributed by atoms with Crippen LogP contribution in [-0.2, 0) is 6.54 Å². The lowest BCUT2D eigenvalue weighted by Crippen LogP contribution is -2.44. The Morgan fingerprint density at radius 1 is 1.24 bits per heavy atom. The number of aliphatic hydroxyl groups excluding tert-OH is 1. The van der Waals surface area contributed by atoms with Gasteiger partial charge in [0.05, 0.1) is 19.8 Å². The highest BCUT2D eigenvalue weighted by atomic mass is 16.5. The van der Waals surface area contributed by atoms with Crippen LogP contribution in [0.5, 0.6) is 5.75 Å². The van der Waals surface area contributed by atoms with Crippen LogP contribution in [0.15, 0.2) is 24.3 Å². The Morgan fingerprint density at radius 2 is 2.00 bits per heavy atom. The van der Waals surface area contributed by atoms with Crippen LogP contribution in [0.4, 0.5) is 0 Å². The fourth-order valence-electron chi connectivity index (χ4n) is 3.59. The first-order valence-electron chi connectivity index (χ1n) is 9.01. The van der Waals surface area contributed by atoms with Crippen LogP contribution >= 0.6 is 0 Å². The molecule has 1 N–H and O–H groups in total. The predicted molar refractivity (Wildman–Crippen MR) is 96.7 cm³/mol. The van der Waals surface area contributed by atoms with Gasteiger partial charge >= 0.3 is 0 Å². The quantitative estimate of drug-likeness (QED) is 0.872. The number of ether oxygens (including phenoxy) is 1. The number of nitrogens with zero attached hydrogens (tertiary/aromatic N) is 4. The molecule has 0 amide bonds. The molecular formula is C19H28N4O2. The van der Waals surface area contributed by atoms with E-state index in [4.69, 9.17) is 4.74 Å². The van der Waals surface area contributed by atoms with Crippen molar-refractivity contribution in [1.82, 2.24) is 19.7 Å². The number of aryl methyl sites for hydroxylation is 2. The Labute approximate surface area is 149 Å². The summed E-state index contributed by atoms with van der Waals surface area (Å²) >= 11 is 0. The van der Waals surface area contributed by atoms with Crippen LogP contribution in [0.1, 0.15) is 42.6 Å². The molecule has 3 rings (SSSR count). The van der Waals surface area contributed by atoms with Gasteiger partial charge < -0.3 is 9.84 Å². The van der Waals surface area contributed by atoms with E-state index in [9.17, 15) is 5.11 Å². The lowest BCUT2D eigenvalue weighted by atomic mass is 10.00. The number of benzene rings is 1. The highest BCUT2D eigenvalue weighted by molar-refractivity contribution is 5.28. The minimum absolute atomic E-state index is 0.390. The molecule has 25 heavy (non-hydrogen) atoms. The third-order valence-corrected chi connectivity index (χ3v) is 5.00. The van der Waals surface area contributed by atoms with Gasteiger partial charge in [-0.25, -0.2) is 9.67 Å². The number of aromatic nitrogens is 3. The first-order chi connectivity index (χ1) is 12.1. The number of β-amino-alcohol motifs (C(OH)–C–C–N with tert-alkyl or cyclic N) is 1. The average Bonchev–Trinajstić information content (AvgIpc) is 2.94. The maximum absolute atomic E-state index is 10.7. The summed E-state index contributed by atoms with van der Waals surface area (Å²) in [6.45, 7) is 6.42. The number of hydrogen-bond donors (Lipinski definition) is 1. The van der Waals surface area contributed by atoms with Crippen LogP contribution in [-0.4, -0.2) is 51.0 Å². The van der Waals surface area contributed by atoms with E-state index in [1.165, 1.54) is 12.8 Å². The van der Waals surface area contributed by atoms with E-state index in [1.807, 2.05) is 42.8 Å². The number of rotatable bonds is 6. The molecule has 1 saturated heterocycles. The molecule has 1 aliphatic heterocycles. The molecule has 1 fully saturated rings. The van der Waals surface area contributed by atoms with Gasteiger partial charge in [-0.3, -0.25) is 4.90 Å². The second-order valence-electron chi connectivity index (χ2n) is 6.82. The molecule has 0 unspecified atom stereocenters. The zero-order valence-corrected chi connectivity index (χ0v) is 15.4. The van der Waals surface area contributed by atoms with Crippen molar-refractivity contribution in [2.75, 3.05) is 20.2 Å². The summed E-state index contributed by atoms with van der Waals surface area (Å²) in [7, 11) is 1.65. The van der Waals surface area contributed by atoms with E-state index < -0.39 is 6.10 Å². The Balaban J connectivity index is 1.66. The molecule has 1 aliphatic rings. The smallest absolute Gasteiger partial charge is 0.147 e. The van der Waals surface area contributed by atoms with Gasteiger partial charge in [0.1, 0.15) is 17.4 Å². The fourth-order valence-corrected chi connectivity index (χ4v) is 3.59. The van der Waals surface area contributed by atoms with Gasteiger partial charge in [0, 0.05) is 12.6 Å². The first kappa shape index (κ1) is 17.9. The summed E-state index contributed by atoms with van der Waals surface area (Å²) in [6.07, 6.45) is 3.05. The van der Waals surface area contributed by atoms with Crippen molar-refractivity contribution in [2.45, 2.75) is 51.8 Å². The summed E-state index contributed by atoms with van der Waals surface area (Å²) < 4.78 is 7.19. The van der Waals surface area contributed by atoms with Crippen LogP contribution in [0.25, 0.3) is 0 Å². The van der Waals surface area contributed by atoms with Crippen molar-refractivity contribution < 1.29 is 9.84 Å². The predicted octanol–water partition coefficient (Wildman–Crippen LogP) is 2.49. The Morgan fingerprint density at radius 3 is 2.64 bits per heavy atom. The summed E-state index contributed by atoms with van der Waals surface area (Å²) in [5, 5.41) is 15.2. The molecule has 1 aromatic heterocycles. The SMILES string of the molecule is COc1ccc([C@H](O)CN2CCCC[C@@H]2Cn2nc(C)nc2C)cc1. The Kier molecular flexibility index (Phi) is 5.71. The largest absolute Gasteiger partial charge is 0.497 e. The molecule has 6 heteroatoms. The van der Waals surface area contributed by atoms with Crippen molar-refractivity contribution in [3.05, 3.63) is 41.5 Å². The van der Waals surface area contributed by atoms with Gasteiger partial charge in [-0.2, -0.15) is 5.10 Å². The lowest BCUT2D eigenvalue weighted by molar-refractivity contribution is 0.0588. The van der Waals surface area contributed by atoms with Gasteiger partial charge in [0.25, 0.3) is 0 Å². The number of hydrogen-bond acceptors (Lipinski definition) is 5. The molecule has 6 nitrogen and oxygen atoms in total. The first-order valence-corrected chi connectivity index (χ1v) is 9.01. The van der Waals surface area contributed by atoms with Gasteiger partial charge in [-0.15, -0.1) is 0 Å². The average molecular weight is 344 g/mol. The van der Waals surface area contributed by atoms with Crippen LogP contribution in [0.2, 0.25) is 0 Å². The molecule has 136 valence electrons. The van der Waals surface area contributed by atoms with Crippen molar-refractivity contribution in [3.63, 3.8) is 0 Å². The number of likely N-dealkylation sites (tertiary alicyclic amines) is 1. The summed E-state index contributed by atoms with van der Waals surface area (Å²) in [5.41, 5.74) is 0.929. The molecule has 0 aliphatic carbocycles. The number of aliphatic hydroxyl groups is 1. The third-order valence-electron chi connectivity index (χ3n) is 5.00. The molecule has 0 saturated carbocycles. The van der Waals surface area contributed by atoms with E-state index in [2.05, 4.69) is 15.0 Å². The van der Waals surface area contributed by atoms with Crippen LogP contribution in [0, 0.1) is 13.8 Å². The standard InChI is InChI=1S/C19H28N4O2/c1-14-20-15(2)23(21-14)12-17-6-4-5-11-22(17)13-19(24)16-7-9-18(25-3)10-8-16/h7-10,17,19,24H,4-6,11-13H2,1-3H3/t17-,19-/m1/s1. The van der Waals surface area contributed by atoms with Gasteiger partial charge in [-0.1, -0.05) is 18.6 Å². The summed E-state index contributed by atoms with van der Waals surface area (Å²) in [6, 6.07) is 8.06. The molecule has 0 radical (unpaired) electrons. The minimum Gasteiger partial charge on any atom is -0.497 e. The van der Waals surface area contributed by atoms with Gasteiger partial charge in [-0.05, 0) is 50.9 Å². The zero-order chi connectivity index (χ0) is 17.8. The molecular weight excluding hydrogens is 316 g/mol. The van der Waals surface area contributed by atoms with Crippen LogP contribution in [0.3, 0.4) is 0 Å².